The van der Waals surface area contributed by atoms with Gasteiger partial charge < -0.3 is 0 Å². The summed E-state index contributed by atoms with van der Waals surface area (Å²) in [4.78, 5) is 27.1. The minimum atomic E-state index is -0.578. The molecule has 0 aromatic carbocycles. The molecule has 18 heavy (non-hydrogen) atoms. The molecule has 1 aliphatic rings. The van der Waals surface area contributed by atoms with Gasteiger partial charge in [0.15, 0.2) is 5.82 Å². The molecule has 2 heterocycles. The molecule has 1 unspecified atom stereocenters. The first-order valence-electron chi connectivity index (χ1n) is 5.24. The van der Waals surface area contributed by atoms with Crippen molar-refractivity contribution in [2.75, 3.05) is 17.2 Å². The van der Waals surface area contributed by atoms with Crippen LogP contribution in [0.4, 0.5) is 11.5 Å². The van der Waals surface area contributed by atoms with Crippen LogP contribution in [0.25, 0.3) is 0 Å². The Morgan fingerprint density at radius 2 is 2.39 bits per heavy atom. The minimum Gasteiger partial charge on any atom is -0.295 e. The molecular formula is C10H10ClN3O3S. The zero-order chi connectivity index (χ0) is 13.3. The molecule has 2 rings (SSSR count). The predicted octanol–water partition coefficient (Wildman–Crippen LogP) is 1.93. The van der Waals surface area contributed by atoms with Crippen molar-refractivity contribution in [2.24, 2.45) is 5.92 Å². The quantitative estimate of drug-likeness (QED) is 0.523. The molecule has 0 bridgehead atoms. The molecule has 0 spiro atoms. The standard InChI is InChI=1S/C10H10ClN3O3S/c11-8-2-7(14(16)17)3-12-10(8)13-4-6(5-18)1-9(13)15/h2-3,6,18H,1,4-5H2. The van der Waals surface area contributed by atoms with Crippen LogP contribution in [0.15, 0.2) is 12.3 Å². The van der Waals surface area contributed by atoms with Gasteiger partial charge in [-0.25, -0.2) is 4.98 Å². The third-order valence-electron chi connectivity index (χ3n) is 2.74. The Kier molecular flexibility index (Phi) is 3.72. The highest BCUT2D eigenvalue weighted by Gasteiger charge is 2.32. The molecular weight excluding hydrogens is 278 g/mol. The van der Waals surface area contributed by atoms with Gasteiger partial charge in [0.05, 0.1) is 9.95 Å². The first-order chi connectivity index (χ1) is 8.52. The second kappa shape index (κ2) is 5.11. The SMILES string of the molecule is O=C1CC(CS)CN1c1ncc([N+](=O)[O-])cc1Cl. The lowest BCUT2D eigenvalue weighted by molar-refractivity contribution is -0.385. The van der Waals surface area contributed by atoms with Crippen molar-refractivity contribution in [1.82, 2.24) is 4.98 Å². The lowest BCUT2D eigenvalue weighted by Crippen LogP contribution is -2.26. The summed E-state index contributed by atoms with van der Waals surface area (Å²) >= 11 is 10.1. The fourth-order valence-electron chi connectivity index (χ4n) is 1.83. The molecule has 0 N–H and O–H groups in total. The largest absolute Gasteiger partial charge is 0.295 e. The van der Waals surface area contributed by atoms with Crippen LogP contribution in [-0.4, -0.2) is 28.1 Å². The number of nitro groups is 1. The lowest BCUT2D eigenvalue weighted by atomic mass is 10.1. The molecule has 96 valence electrons. The van der Waals surface area contributed by atoms with E-state index in [-0.39, 0.29) is 28.4 Å². The van der Waals surface area contributed by atoms with Crippen molar-refractivity contribution in [2.45, 2.75) is 6.42 Å². The Labute approximate surface area is 114 Å². The number of anilines is 1. The van der Waals surface area contributed by atoms with E-state index < -0.39 is 4.92 Å². The highest BCUT2D eigenvalue weighted by Crippen LogP contribution is 2.31. The number of carbonyl (C=O) groups is 1. The lowest BCUT2D eigenvalue weighted by Gasteiger charge is -2.16. The Balaban J connectivity index is 2.29. The molecule has 1 fully saturated rings. The maximum Gasteiger partial charge on any atom is 0.289 e. The van der Waals surface area contributed by atoms with Gasteiger partial charge in [-0.2, -0.15) is 12.6 Å². The van der Waals surface area contributed by atoms with Gasteiger partial charge in [-0.05, 0) is 11.7 Å². The normalized spacial score (nSPS) is 19.3. The summed E-state index contributed by atoms with van der Waals surface area (Å²) < 4.78 is 0. The Morgan fingerprint density at radius 1 is 1.67 bits per heavy atom. The number of hydrogen-bond donors (Lipinski definition) is 1. The molecule has 1 saturated heterocycles. The molecule has 8 heteroatoms. The summed E-state index contributed by atoms with van der Waals surface area (Å²) in [5.74, 6) is 0.954. The molecule has 1 aromatic rings. The molecule has 0 radical (unpaired) electrons. The fraction of sp³-hybridized carbons (Fsp3) is 0.400. The highest BCUT2D eigenvalue weighted by atomic mass is 35.5. The van der Waals surface area contributed by atoms with Crippen LogP contribution < -0.4 is 4.90 Å². The van der Waals surface area contributed by atoms with Gasteiger partial charge in [0.2, 0.25) is 5.91 Å². The van der Waals surface area contributed by atoms with Crippen molar-refractivity contribution in [3.05, 3.63) is 27.4 Å². The topological polar surface area (TPSA) is 76.3 Å². The smallest absolute Gasteiger partial charge is 0.289 e. The molecule has 6 nitrogen and oxygen atoms in total. The number of thiol groups is 1. The van der Waals surface area contributed by atoms with Crippen LogP contribution in [0, 0.1) is 16.0 Å². The number of rotatable bonds is 3. The number of aromatic nitrogens is 1. The number of pyridine rings is 1. The average Bonchev–Trinajstić information content (AvgIpc) is 2.70. The summed E-state index contributed by atoms with van der Waals surface area (Å²) in [6, 6.07) is 1.20. The minimum absolute atomic E-state index is 0.0858. The first kappa shape index (κ1) is 13.1. The van der Waals surface area contributed by atoms with Gasteiger partial charge >= 0.3 is 0 Å². The van der Waals surface area contributed by atoms with Gasteiger partial charge in [-0.3, -0.25) is 19.8 Å². The van der Waals surface area contributed by atoms with Crippen molar-refractivity contribution >= 4 is 41.6 Å². The van der Waals surface area contributed by atoms with Gasteiger partial charge in [0, 0.05) is 19.0 Å². The van der Waals surface area contributed by atoms with E-state index in [0.717, 1.165) is 6.20 Å². The zero-order valence-electron chi connectivity index (χ0n) is 9.24. The summed E-state index contributed by atoms with van der Waals surface area (Å²) in [6.45, 7) is 0.493. The summed E-state index contributed by atoms with van der Waals surface area (Å²) in [6.07, 6.45) is 1.50. The second-order valence-corrected chi connectivity index (χ2v) is 4.79. The molecule has 0 saturated carbocycles. The van der Waals surface area contributed by atoms with Crippen LogP contribution >= 0.6 is 24.2 Å². The Morgan fingerprint density at radius 3 is 2.89 bits per heavy atom. The van der Waals surface area contributed by atoms with E-state index in [1.54, 1.807) is 0 Å². The first-order valence-corrected chi connectivity index (χ1v) is 6.25. The van der Waals surface area contributed by atoms with E-state index in [4.69, 9.17) is 11.6 Å². The summed E-state index contributed by atoms with van der Waals surface area (Å²) in [5, 5.41) is 10.7. The van der Waals surface area contributed by atoms with Crippen LogP contribution in [0.5, 0.6) is 0 Å². The van der Waals surface area contributed by atoms with Gasteiger partial charge in [0.1, 0.15) is 6.20 Å². The molecule has 1 aliphatic heterocycles. The van der Waals surface area contributed by atoms with Gasteiger partial charge in [-0.1, -0.05) is 11.6 Å². The predicted molar refractivity (Wildman–Crippen MR) is 70.2 cm³/mol. The monoisotopic (exact) mass is 287 g/mol. The van der Waals surface area contributed by atoms with E-state index in [1.165, 1.54) is 11.0 Å². The van der Waals surface area contributed by atoms with E-state index >= 15 is 0 Å². The van der Waals surface area contributed by atoms with Gasteiger partial charge in [-0.15, -0.1) is 0 Å². The van der Waals surface area contributed by atoms with Crippen molar-refractivity contribution < 1.29 is 9.72 Å². The van der Waals surface area contributed by atoms with Crippen molar-refractivity contribution in [1.29, 1.82) is 0 Å². The Bertz CT molecular complexity index is 511. The van der Waals surface area contributed by atoms with E-state index in [2.05, 4.69) is 17.6 Å². The molecule has 1 aromatic heterocycles. The summed E-state index contributed by atoms with van der Waals surface area (Å²) in [5.41, 5.74) is -0.193. The number of halogens is 1. The molecule has 1 amide bonds. The maximum absolute atomic E-state index is 11.8. The van der Waals surface area contributed by atoms with Gasteiger partial charge in [0.25, 0.3) is 5.69 Å². The second-order valence-electron chi connectivity index (χ2n) is 4.01. The third kappa shape index (κ3) is 2.41. The van der Waals surface area contributed by atoms with E-state index in [1.807, 2.05) is 0 Å². The van der Waals surface area contributed by atoms with Crippen molar-refractivity contribution in [3.8, 4) is 0 Å². The number of amides is 1. The summed E-state index contributed by atoms with van der Waals surface area (Å²) in [7, 11) is 0. The number of nitrogens with zero attached hydrogens (tertiary/aromatic N) is 3. The third-order valence-corrected chi connectivity index (χ3v) is 3.53. The molecule has 0 aliphatic carbocycles. The Hall–Kier alpha value is -1.34. The number of carbonyl (C=O) groups excluding carboxylic acids is 1. The zero-order valence-corrected chi connectivity index (χ0v) is 10.9. The maximum atomic E-state index is 11.8. The fourth-order valence-corrected chi connectivity index (χ4v) is 2.33. The van der Waals surface area contributed by atoms with Crippen LogP contribution in [0.3, 0.4) is 0 Å². The highest BCUT2D eigenvalue weighted by molar-refractivity contribution is 7.80. The average molecular weight is 288 g/mol. The van der Waals surface area contributed by atoms with Crippen molar-refractivity contribution in [3.63, 3.8) is 0 Å². The van der Waals surface area contributed by atoms with Crippen LogP contribution in [-0.2, 0) is 4.79 Å². The van der Waals surface area contributed by atoms with Crippen LogP contribution in [0.1, 0.15) is 6.42 Å². The molecule has 1 atom stereocenters. The van der Waals surface area contributed by atoms with Crippen LogP contribution in [0.2, 0.25) is 5.02 Å². The van der Waals surface area contributed by atoms with E-state index in [9.17, 15) is 14.9 Å². The van der Waals surface area contributed by atoms with E-state index in [0.29, 0.717) is 18.7 Å². The number of hydrogen-bond acceptors (Lipinski definition) is 5.